The lowest BCUT2D eigenvalue weighted by Crippen LogP contribution is -2.50. The smallest absolute Gasteiger partial charge is 0.433 e. The first-order valence-electron chi connectivity index (χ1n) is 12.3. The molecule has 0 unspecified atom stereocenters. The van der Waals surface area contributed by atoms with Gasteiger partial charge >= 0.3 is 30.8 Å². The average molecular weight is 717 g/mol. The van der Waals surface area contributed by atoms with Crippen molar-refractivity contribution in [1.82, 2.24) is 0 Å². The van der Waals surface area contributed by atoms with Gasteiger partial charge in [-0.3, -0.25) is 9.59 Å². The van der Waals surface area contributed by atoms with Crippen molar-refractivity contribution in [3.8, 4) is 5.75 Å². The van der Waals surface area contributed by atoms with E-state index in [1.165, 1.54) is 6.92 Å². The summed E-state index contributed by atoms with van der Waals surface area (Å²) in [7, 11) is 0. The molecule has 0 saturated heterocycles. The number of halogens is 15. The Morgan fingerprint density at radius 3 is 1.96 bits per heavy atom. The van der Waals surface area contributed by atoms with E-state index < -0.39 is 111 Å². The second-order valence-corrected chi connectivity index (χ2v) is 9.61. The number of alkyl halides is 12. The van der Waals surface area contributed by atoms with Crippen LogP contribution < -0.4 is 15.0 Å². The molecule has 0 heterocycles. The van der Waals surface area contributed by atoms with Gasteiger partial charge in [0.05, 0.1) is 27.4 Å². The van der Waals surface area contributed by atoms with Crippen molar-refractivity contribution < 1.29 is 75.8 Å². The Kier molecular flexibility index (Phi) is 10.3. The van der Waals surface area contributed by atoms with Gasteiger partial charge in [0.2, 0.25) is 0 Å². The van der Waals surface area contributed by atoms with E-state index in [1.54, 1.807) is 5.32 Å². The minimum atomic E-state index is -6.70. The summed E-state index contributed by atoms with van der Waals surface area (Å²) in [4.78, 5) is 26.4. The Hall–Kier alpha value is -4.29. The third-order valence-corrected chi connectivity index (χ3v) is 6.58. The predicted molar refractivity (Wildman–Crippen MR) is 136 cm³/mol. The summed E-state index contributed by atoms with van der Waals surface area (Å²) in [6.45, 7) is -3.36. The molecule has 0 bridgehead atoms. The number of carbonyl (C=O) groups is 2. The second-order valence-electron chi connectivity index (χ2n) is 9.20. The Labute approximate surface area is 258 Å². The zero-order valence-corrected chi connectivity index (χ0v) is 23.5. The molecule has 0 fully saturated rings. The third kappa shape index (κ3) is 7.33. The summed E-state index contributed by atoms with van der Waals surface area (Å²) in [5.74, 6) is -8.01. The molecule has 0 atom stereocenters. The monoisotopic (exact) mass is 716 g/mol. The van der Waals surface area contributed by atoms with Crippen LogP contribution in [0.1, 0.15) is 38.8 Å². The highest BCUT2D eigenvalue weighted by atomic mass is 35.5. The molecule has 0 saturated carbocycles. The summed E-state index contributed by atoms with van der Waals surface area (Å²) in [6, 6.07) is 2.42. The molecule has 0 spiro atoms. The highest BCUT2D eigenvalue weighted by Gasteiger charge is 2.73. The fraction of sp³-hybridized carbons (Fsp3) is 0.259. The lowest BCUT2D eigenvalue weighted by molar-refractivity contribution is -0.348. The molecule has 3 aromatic carbocycles. The predicted octanol–water partition coefficient (Wildman–Crippen LogP) is 9.45. The van der Waals surface area contributed by atoms with Gasteiger partial charge in [0.1, 0.15) is 11.5 Å². The molecule has 2 amide bonds. The summed E-state index contributed by atoms with van der Waals surface area (Å²) in [5, 5.41) is 0.220. The first-order chi connectivity index (χ1) is 21.4. The Morgan fingerprint density at radius 2 is 1.45 bits per heavy atom. The molecule has 3 rings (SSSR count). The van der Waals surface area contributed by atoms with Gasteiger partial charge in [0, 0.05) is 12.1 Å². The largest absolute Gasteiger partial charge is 0.435 e. The number of hydrogen-bond acceptors (Lipinski definition) is 3. The third-order valence-electron chi connectivity index (χ3n) is 6.29. The van der Waals surface area contributed by atoms with Gasteiger partial charge in [0.25, 0.3) is 11.8 Å². The first kappa shape index (κ1) is 37.2. The van der Waals surface area contributed by atoms with E-state index >= 15 is 4.39 Å². The normalized spacial score (nSPS) is 12.7. The molecule has 0 aliphatic rings. The first-order valence-corrected chi connectivity index (χ1v) is 12.7. The average Bonchev–Trinajstić information content (AvgIpc) is 2.93. The minimum absolute atomic E-state index is 0.147. The number of hydrogen-bond donors (Lipinski definition) is 1. The van der Waals surface area contributed by atoms with E-state index in [9.17, 15) is 66.7 Å². The summed E-state index contributed by atoms with van der Waals surface area (Å²) in [5.41, 5.74) is -14.3. The van der Waals surface area contributed by atoms with E-state index in [0.717, 1.165) is 12.1 Å². The van der Waals surface area contributed by atoms with Crippen LogP contribution in [-0.2, 0) is 11.8 Å². The molecule has 3 aromatic rings. The summed E-state index contributed by atoms with van der Waals surface area (Å²) in [6.07, 6.45) is -18.4. The Morgan fingerprint density at radius 1 is 0.851 bits per heavy atom. The van der Waals surface area contributed by atoms with Gasteiger partial charge in [-0.25, -0.2) is 13.2 Å². The van der Waals surface area contributed by atoms with Crippen LogP contribution in [0.25, 0.3) is 0 Å². The van der Waals surface area contributed by atoms with Crippen molar-refractivity contribution in [2.75, 3.05) is 16.8 Å². The zero-order chi connectivity index (χ0) is 35.9. The Bertz CT molecular complexity index is 1660. The lowest BCUT2D eigenvalue weighted by atomic mass is 9.93. The van der Waals surface area contributed by atoms with E-state index in [0.29, 0.717) is 23.1 Å². The zero-order valence-electron chi connectivity index (χ0n) is 22.7. The fourth-order valence-corrected chi connectivity index (χ4v) is 4.36. The van der Waals surface area contributed by atoms with Crippen molar-refractivity contribution in [2.24, 2.45) is 0 Å². The van der Waals surface area contributed by atoms with E-state index in [4.69, 9.17) is 11.6 Å². The summed E-state index contributed by atoms with van der Waals surface area (Å²) < 4.78 is 193. The summed E-state index contributed by atoms with van der Waals surface area (Å²) >= 11 is 5.67. The topological polar surface area (TPSA) is 58.6 Å². The maximum Gasteiger partial charge on any atom is 0.435 e. The van der Waals surface area contributed by atoms with Gasteiger partial charge < -0.3 is 15.0 Å². The van der Waals surface area contributed by atoms with Crippen molar-refractivity contribution in [3.63, 3.8) is 0 Å². The SMILES string of the molecule is CCN(C(=O)c1cc(C(F)(F)F)ccc1F)c1cccc(C(=O)Nc2c(Cl)cc(C(F)(C(F)(F)F)C(F)(F)F)cc2OC(F)F)c1F. The van der Waals surface area contributed by atoms with Crippen LogP contribution in [0.4, 0.5) is 72.8 Å². The van der Waals surface area contributed by atoms with Crippen LogP contribution in [0.5, 0.6) is 5.75 Å². The van der Waals surface area contributed by atoms with Gasteiger partial charge in [-0.2, -0.15) is 48.3 Å². The number of ether oxygens (including phenoxy) is 1. The number of benzene rings is 3. The molecule has 0 aliphatic heterocycles. The van der Waals surface area contributed by atoms with Crippen molar-refractivity contribution in [1.29, 1.82) is 0 Å². The molecule has 0 radical (unpaired) electrons. The second kappa shape index (κ2) is 13.1. The standard InChI is InChI=1S/C27H15ClF14N2O3/c1-2-44(22(46)14-8-11(25(34,35)36)6-7-16(14)29)17-5-3-4-13(19(17)30)21(45)43-20-15(28)9-12(10-18(20)47-23(31)32)24(33,26(37,38)39)27(40,41)42/h3-10,23H,2H2,1H3,(H,43,45). The maximum atomic E-state index is 15.6. The van der Waals surface area contributed by atoms with Crippen molar-refractivity contribution in [2.45, 2.75) is 37.7 Å². The van der Waals surface area contributed by atoms with Crippen LogP contribution in [0, 0.1) is 11.6 Å². The molecule has 47 heavy (non-hydrogen) atoms. The van der Waals surface area contributed by atoms with Crippen LogP contribution in [0.15, 0.2) is 48.5 Å². The lowest BCUT2D eigenvalue weighted by Gasteiger charge is -2.31. The minimum Gasteiger partial charge on any atom is -0.433 e. The van der Waals surface area contributed by atoms with Crippen molar-refractivity contribution in [3.05, 3.63) is 87.4 Å². The Balaban J connectivity index is 2.09. The number of nitrogens with one attached hydrogen (secondary N) is 1. The van der Waals surface area contributed by atoms with Gasteiger partial charge in [-0.1, -0.05) is 17.7 Å². The molecule has 256 valence electrons. The quantitative estimate of drug-likeness (QED) is 0.237. The molecule has 1 N–H and O–H groups in total. The molecule has 20 heteroatoms. The van der Waals surface area contributed by atoms with Crippen LogP contribution in [0.3, 0.4) is 0 Å². The number of carbonyl (C=O) groups excluding carboxylic acids is 2. The van der Waals surface area contributed by atoms with E-state index in [1.807, 2.05) is 0 Å². The number of amides is 2. The number of rotatable bonds is 8. The molecular formula is C27H15ClF14N2O3. The van der Waals surface area contributed by atoms with Crippen LogP contribution in [0.2, 0.25) is 5.02 Å². The van der Waals surface area contributed by atoms with Gasteiger partial charge in [-0.15, -0.1) is 0 Å². The van der Waals surface area contributed by atoms with Crippen LogP contribution >= 0.6 is 11.6 Å². The van der Waals surface area contributed by atoms with Gasteiger partial charge in [0.15, 0.2) is 11.6 Å². The van der Waals surface area contributed by atoms with Gasteiger partial charge in [-0.05, 0) is 49.4 Å². The fourth-order valence-electron chi connectivity index (χ4n) is 4.10. The number of anilines is 2. The molecule has 0 aromatic heterocycles. The van der Waals surface area contributed by atoms with E-state index in [2.05, 4.69) is 4.74 Å². The number of nitrogens with zero attached hydrogens (tertiary/aromatic N) is 1. The highest BCUT2D eigenvalue weighted by molar-refractivity contribution is 6.34. The highest BCUT2D eigenvalue weighted by Crippen LogP contribution is 2.55. The maximum absolute atomic E-state index is 15.6. The molecule has 0 aliphatic carbocycles. The van der Waals surface area contributed by atoms with Crippen molar-refractivity contribution >= 4 is 34.8 Å². The molecule has 5 nitrogen and oxygen atoms in total. The van der Waals surface area contributed by atoms with Crippen LogP contribution in [-0.4, -0.2) is 37.3 Å². The molecular weight excluding hydrogens is 702 g/mol. The van der Waals surface area contributed by atoms with E-state index in [-0.39, 0.29) is 12.1 Å².